The number of ether oxygens (including phenoxy) is 1. The monoisotopic (exact) mass is 228 g/mol. The van der Waals surface area contributed by atoms with Gasteiger partial charge in [-0.15, -0.1) is 0 Å². The number of nitrogens with two attached hydrogens (primary N) is 1. The van der Waals surface area contributed by atoms with Crippen LogP contribution in [0.1, 0.15) is 39.0 Å². The van der Waals surface area contributed by atoms with Crippen molar-refractivity contribution in [3.63, 3.8) is 0 Å². The van der Waals surface area contributed by atoms with Gasteiger partial charge in [0.2, 0.25) is 0 Å². The van der Waals surface area contributed by atoms with E-state index in [9.17, 15) is 0 Å². The van der Waals surface area contributed by atoms with Gasteiger partial charge >= 0.3 is 0 Å². The van der Waals surface area contributed by atoms with Gasteiger partial charge in [0.15, 0.2) is 0 Å². The highest BCUT2D eigenvalue weighted by Gasteiger charge is 2.21. The minimum atomic E-state index is 0.354. The number of hydrogen-bond donors (Lipinski definition) is 1. The average molecular weight is 228 g/mol. The van der Waals surface area contributed by atoms with Gasteiger partial charge in [-0.2, -0.15) is 0 Å². The van der Waals surface area contributed by atoms with Gasteiger partial charge in [0.05, 0.1) is 6.61 Å². The highest BCUT2D eigenvalue weighted by atomic mass is 16.5. The Morgan fingerprint density at radius 2 is 2.00 bits per heavy atom. The largest absolute Gasteiger partial charge is 0.380 e. The van der Waals surface area contributed by atoms with Crippen molar-refractivity contribution in [3.8, 4) is 0 Å². The number of hydrogen-bond acceptors (Lipinski definition) is 3. The fraction of sp³-hybridized carbons (Fsp3) is 1.00. The maximum atomic E-state index is 6.27. The van der Waals surface area contributed by atoms with E-state index >= 15 is 0 Å². The molecule has 1 unspecified atom stereocenters. The lowest BCUT2D eigenvalue weighted by molar-refractivity contribution is 0.116. The zero-order valence-electron chi connectivity index (χ0n) is 11.0. The van der Waals surface area contributed by atoms with Gasteiger partial charge in [-0.3, -0.25) is 0 Å². The number of nitrogens with zero attached hydrogens (tertiary/aromatic N) is 1. The summed E-state index contributed by atoms with van der Waals surface area (Å²) in [5, 5.41) is 0. The quantitative estimate of drug-likeness (QED) is 0.676. The third-order valence-corrected chi connectivity index (χ3v) is 3.60. The van der Waals surface area contributed by atoms with E-state index in [4.69, 9.17) is 10.5 Å². The summed E-state index contributed by atoms with van der Waals surface area (Å²) in [7, 11) is 2.14. The molecular weight excluding hydrogens is 200 g/mol. The van der Waals surface area contributed by atoms with Crippen LogP contribution in [0, 0.1) is 5.92 Å². The van der Waals surface area contributed by atoms with Gasteiger partial charge < -0.3 is 15.4 Å². The first kappa shape index (κ1) is 13.9. The molecule has 1 aliphatic carbocycles. The smallest absolute Gasteiger partial charge is 0.0593 e. The molecule has 3 nitrogen and oxygen atoms in total. The van der Waals surface area contributed by atoms with E-state index < -0.39 is 0 Å². The molecule has 1 aliphatic rings. The molecule has 2 N–H and O–H groups in total. The van der Waals surface area contributed by atoms with Gasteiger partial charge in [0, 0.05) is 25.7 Å². The highest BCUT2D eigenvalue weighted by molar-refractivity contribution is 4.78. The molecule has 1 atom stereocenters. The van der Waals surface area contributed by atoms with Crippen LogP contribution in [0.4, 0.5) is 0 Å². The second-order valence-electron chi connectivity index (χ2n) is 5.02. The van der Waals surface area contributed by atoms with Crippen LogP contribution in [-0.4, -0.2) is 44.3 Å². The van der Waals surface area contributed by atoms with Crippen LogP contribution >= 0.6 is 0 Å². The molecule has 0 aromatic rings. The standard InChI is InChI=1S/C13H28N2O/c1-3-16-10-9-15(2)11-13(14)12-7-5-4-6-8-12/h12-13H,3-11,14H2,1-2H3. The maximum absolute atomic E-state index is 6.27. The first-order chi connectivity index (χ1) is 7.74. The average Bonchev–Trinajstić information content (AvgIpc) is 2.30. The summed E-state index contributed by atoms with van der Waals surface area (Å²) in [6, 6.07) is 0.354. The van der Waals surface area contributed by atoms with Crippen molar-refractivity contribution in [1.29, 1.82) is 0 Å². The van der Waals surface area contributed by atoms with E-state index in [2.05, 4.69) is 11.9 Å². The van der Waals surface area contributed by atoms with Crippen LogP contribution in [0.15, 0.2) is 0 Å². The lowest BCUT2D eigenvalue weighted by Gasteiger charge is -2.30. The van der Waals surface area contributed by atoms with E-state index in [1.165, 1.54) is 32.1 Å². The Morgan fingerprint density at radius 3 is 2.62 bits per heavy atom. The van der Waals surface area contributed by atoms with Crippen LogP contribution in [0.5, 0.6) is 0 Å². The van der Waals surface area contributed by atoms with Crippen molar-refractivity contribution in [2.45, 2.75) is 45.1 Å². The Morgan fingerprint density at radius 1 is 1.31 bits per heavy atom. The van der Waals surface area contributed by atoms with Gasteiger partial charge in [-0.05, 0) is 32.7 Å². The fourth-order valence-electron chi connectivity index (χ4n) is 2.53. The first-order valence-corrected chi connectivity index (χ1v) is 6.76. The molecular formula is C13H28N2O. The molecule has 0 spiro atoms. The molecule has 0 bridgehead atoms. The molecule has 0 saturated heterocycles. The van der Waals surface area contributed by atoms with E-state index in [1.807, 2.05) is 6.92 Å². The highest BCUT2D eigenvalue weighted by Crippen LogP contribution is 2.25. The lowest BCUT2D eigenvalue weighted by Crippen LogP contribution is -2.42. The third kappa shape index (κ3) is 5.28. The van der Waals surface area contributed by atoms with E-state index in [-0.39, 0.29) is 0 Å². The Bertz CT molecular complexity index is 169. The van der Waals surface area contributed by atoms with Gasteiger partial charge in [-0.25, -0.2) is 0 Å². The van der Waals surface area contributed by atoms with Crippen molar-refractivity contribution >= 4 is 0 Å². The first-order valence-electron chi connectivity index (χ1n) is 6.76. The van der Waals surface area contributed by atoms with Crippen LogP contribution in [0.25, 0.3) is 0 Å². The fourth-order valence-corrected chi connectivity index (χ4v) is 2.53. The predicted molar refractivity (Wildman–Crippen MR) is 68.5 cm³/mol. The van der Waals surface area contributed by atoms with Gasteiger partial charge in [0.25, 0.3) is 0 Å². The maximum Gasteiger partial charge on any atom is 0.0593 e. The van der Waals surface area contributed by atoms with Crippen molar-refractivity contribution < 1.29 is 4.74 Å². The summed E-state index contributed by atoms with van der Waals surface area (Å²) in [5.41, 5.74) is 6.27. The van der Waals surface area contributed by atoms with Crippen LogP contribution in [0.3, 0.4) is 0 Å². The third-order valence-electron chi connectivity index (χ3n) is 3.60. The summed E-state index contributed by atoms with van der Waals surface area (Å²) in [5.74, 6) is 0.753. The van der Waals surface area contributed by atoms with Gasteiger partial charge in [-0.1, -0.05) is 19.3 Å². The summed E-state index contributed by atoms with van der Waals surface area (Å²) in [6.45, 7) is 5.67. The van der Waals surface area contributed by atoms with Crippen LogP contribution < -0.4 is 5.73 Å². The van der Waals surface area contributed by atoms with Crippen molar-refractivity contribution in [2.24, 2.45) is 11.7 Å². The molecule has 16 heavy (non-hydrogen) atoms. The molecule has 3 heteroatoms. The topological polar surface area (TPSA) is 38.5 Å². The molecule has 0 aromatic carbocycles. The van der Waals surface area contributed by atoms with Crippen molar-refractivity contribution in [2.75, 3.05) is 33.4 Å². The molecule has 96 valence electrons. The number of rotatable bonds is 7. The molecule has 1 fully saturated rings. The molecule has 0 aromatic heterocycles. The summed E-state index contributed by atoms with van der Waals surface area (Å²) < 4.78 is 5.35. The molecule has 0 radical (unpaired) electrons. The van der Waals surface area contributed by atoms with E-state index in [0.717, 1.165) is 32.2 Å². The minimum absolute atomic E-state index is 0.354. The zero-order valence-corrected chi connectivity index (χ0v) is 11.0. The molecule has 0 heterocycles. The van der Waals surface area contributed by atoms with Gasteiger partial charge in [0.1, 0.15) is 0 Å². The second kappa shape index (κ2) is 8.04. The molecule has 1 rings (SSSR count). The molecule has 0 aliphatic heterocycles. The lowest BCUT2D eigenvalue weighted by atomic mass is 9.84. The second-order valence-corrected chi connectivity index (χ2v) is 5.02. The van der Waals surface area contributed by atoms with E-state index in [0.29, 0.717) is 6.04 Å². The normalized spacial score (nSPS) is 20.2. The van der Waals surface area contributed by atoms with Crippen molar-refractivity contribution in [1.82, 2.24) is 4.90 Å². The Kier molecular flexibility index (Phi) is 7.01. The van der Waals surface area contributed by atoms with Crippen LogP contribution in [0.2, 0.25) is 0 Å². The minimum Gasteiger partial charge on any atom is -0.380 e. The molecule has 1 saturated carbocycles. The summed E-state index contributed by atoms with van der Waals surface area (Å²) in [6.07, 6.45) is 6.83. The zero-order chi connectivity index (χ0) is 11.8. The number of likely N-dealkylation sites (N-methyl/N-ethyl adjacent to an activating group) is 1. The molecule has 0 amide bonds. The SMILES string of the molecule is CCOCCN(C)CC(N)C1CCCCC1. The van der Waals surface area contributed by atoms with Crippen LogP contribution in [-0.2, 0) is 4.74 Å². The van der Waals surface area contributed by atoms with Crippen molar-refractivity contribution in [3.05, 3.63) is 0 Å². The van der Waals surface area contributed by atoms with E-state index in [1.54, 1.807) is 0 Å². The predicted octanol–water partition coefficient (Wildman–Crippen LogP) is 1.86. The summed E-state index contributed by atoms with van der Waals surface area (Å²) >= 11 is 0. The Hall–Kier alpha value is -0.120. The summed E-state index contributed by atoms with van der Waals surface area (Å²) in [4.78, 5) is 2.30. The Balaban J connectivity index is 2.13. The Labute approximate surface area is 100 Å².